The molecule has 10 nitrogen and oxygen atoms in total. The number of aromatic nitrogens is 3. The molecule has 19 heteroatoms. The molecule has 2 saturated heterocycles. The zero-order valence-corrected chi connectivity index (χ0v) is 29.3. The first-order valence-electron chi connectivity index (χ1n) is 16.5. The third-order valence-electron chi connectivity index (χ3n) is 9.32. The lowest BCUT2D eigenvalue weighted by atomic mass is 9.91. The molecule has 0 radical (unpaired) electrons. The monoisotopic (exact) mass is 780 g/mol. The number of ether oxygens (including phenoxy) is 2. The third-order valence-corrected chi connectivity index (χ3v) is 10.3. The lowest BCUT2D eigenvalue weighted by Crippen LogP contribution is -2.28. The van der Waals surface area contributed by atoms with Gasteiger partial charge >= 0.3 is 12.2 Å². The minimum atomic E-state index is -5.17. The average Bonchev–Trinajstić information content (AvgIpc) is 3.78. The maximum atomic E-state index is 16.6. The smallest absolute Gasteiger partial charge is 0.420 e. The van der Waals surface area contributed by atoms with Gasteiger partial charge in [-0.2, -0.15) is 28.4 Å². The number of hydrogen-bond acceptors (Lipinski definition) is 11. The average molecular weight is 781 g/mol. The van der Waals surface area contributed by atoms with Crippen molar-refractivity contribution in [3.63, 3.8) is 0 Å². The predicted molar refractivity (Wildman–Crippen MR) is 187 cm³/mol. The number of nitrogen functional groups attached to an aromatic ring is 2. The molecule has 0 saturated carbocycles. The van der Waals surface area contributed by atoms with Crippen LogP contribution in [0.1, 0.15) is 36.0 Å². The number of fused-ring (bicyclic) bond motifs is 2. The van der Waals surface area contributed by atoms with Crippen molar-refractivity contribution in [3.8, 4) is 29.0 Å². The van der Waals surface area contributed by atoms with Gasteiger partial charge < -0.3 is 25.8 Å². The predicted octanol–water partition coefficient (Wildman–Crippen LogP) is 7.72. The Kier molecular flexibility index (Phi) is 11.1. The van der Waals surface area contributed by atoms with E-state index in [9.17, 15) is 36.0 Å². The molecule has 0 bridgehead atoms. The Morgan fingerprint density at radius 3 is 2.54 bits per heavy atom. The van der Waals surface area contributed by atoms with Crippen LogP contribution >= 0.6 is 11.3 Å². The van der Waals surface area contributed by atoms with Crippen LogP contribution in [0.25, 0.3) is 32.1 Å². The van der Waals surface area contributed by atoms with Gasteiger partial charge in [0.05, 0.1) is 29.3 Å². The molecule has 54 heavy (non-hydrogen) atoms. The third kappa shape index (κ3) is 7.19. The highest BCUT2D eigenvalue weighted by atomic mass is 32.1. The number of pyridine rings is 1. The number of rotatable bonds is 4. The minimum absolute atomic E-state index is 0.0347. The van der Waals surface area contributed by atoms with Crippen molar-refractivity contribution in [2.75, 3.05) is 56.6 Å². The summed E-state index contributed by atoms with van der Waals surface area (Å²) in [6.45, 7) is -0.0563. The van der Waals surface area contributed by atoms with E-state index in [1.54, 1.807) is 23.1 Å². The van der Waals surface area contributed by atoms with E-state index >= 15 is 4.39 Å². The Morgan fingerprint density at radius 2 is 1.87 bits per heavy atom. The highest BCUT2D eigenvalue weighted by molar-refractivity contribution is 7.23. The van der Waals surface area contributed by atoms with E-state index in [2.05, 4.69) is 19.9 Å². The van der Waals surface area contributed by atoms with Crippen LogP contribution in [0, 0.1) is 23.0 Å². The molecule has 8 rings (SSSR count). The van der Waals surface area contributed by atoms with Gasteiger partial charge in [-0.25, -0.2) is 26.9 Å². The van der Waals surface area contributed by atoms with Gasteiger partial charge in [-0.1, -0.05) is 12.1 Å². The van der Waals surface area contributed by atoms with E-state index in [0.717, 1.165) is 25.1 Å². The van der Waals surface area contributed by atoms with Crippen molar-refractivity contribution < 1.29 is 44.6 Å². The molecule has 3 aliphatic rings. The van der Waals surface area contributed by atoms with Gasteiger partial charge in [0.15, 0.2) is 5.82 Å². The summed E-state index contributed by atoms with van der Waals surface area (Å²) < 4.78 is 119. The zero-order chi connectivity index (χ0) is 38.9. The Hall–Kier alpha value is -5.22. The Balaban J connectivity index is 0.000000352. The number of benzene rings is 2. The van der Waals surface area contributed by atoms with Crippen LogP contribution in [0.5, 0.6) is 11.8 Å². The van der Waals surface area contributed by atoms with Gasteiger partial charge in [-0.05, 0) is 43.5 Å². The highest BCUT2D eigenvalue weighted by Gasteiger charge is 2.44. The molecular weight excluding hydrogens is 748 g/mol. The second kappa shape index (κ2) is 15.6. The minimum Gasteiger partial charge on any atom is -0.490 e. The molecule has 2 aromatic carbocycles. The maximum Gasteiger partial charge on any atom is 0.420 e. The van der Waals surface area contributed by atoms with Crippen LogP contribution < -0.4 is 25.8 Å². The molecule has 286 valence electrons. The van der Waals surface area contributed by atoms with E-state index < -0.39 is 58.9 Å². The highest BCUT2D eigenvalue weighted by Crippen LogP contribution is 2.53. The summed E-state index contributed by atoms with van der Waals surface area (Å²) in [6, 6.07) is 7.29. The van der Waals surface area contributed by atoms with E-state index in [4.69, 9.17) is 20.9 Å². The van der Waals surface area contributed by atoms with E-state index in [1.165, 1.54) is 26.1 Å². The number of alkyl halides is 6. The molecule has 0 spiro atoms. The number of halogens is 8. The topological polar surface area (TPSA) is 139 Å². The summed E-state index contributed by atoms with van der Waals surface area (Å²) >= 11 is 0.675. The molecule has 3 aromatic heterocycles. The second-order valence-electron chi connectivity index (χ2n) is 12.4. The standard InChI is InChI=1S/C27H18F5N7O2S.C7H12FN.CH2F2/c1-40-26-37-20-17-21(41-8-7-39(25(17)38-26)10-11-3-2-6-36-23(11)34)18(27(30,31)32)16(19(20)29)12-4-5-14(28)22-15(12)13(9-33)24(35)42-22;8-6-4-7-2-1-3-9(7)5-6;2-1-3/h2-6H,7-8,10,35H2,1H3,(H2,34,36);6-7H,1-5H2;1H2. The summed E-state index contributed by atoms with van der Waals surface area (Å²) in [6.07, 6.45) is -0.869. The Morgan fingerprint density at radius 1 is 1.11 bits per heavy atom. The van der Waals surface area contributed by atoms with Crippen molar-refractivity contribution in [1.29, 1.82) is 5.26 Å². The van der Waals surface area contributed by atoms with Crippen molar-refractivity contribution >= 4 is 49.0 Å². The van der Waals surface area contributed by atoms with Crippen molar-refractivity contribution in [2.24, 2.45) is 0 Å². The number of anilines is 3. The van der Waals surface area contributed by atoms with Crippen molar-refractivity contribution in [1.82, 2.24) is 19.9 Å². The summed E-state index contributed by atoms with van der Waals surface area (Å²) in [5.74, 6) is -2.82. The molecule has 0 amide bonds. The number of nitrogens with zero attached hydrogens (tertiary/aromatic N) is 6. The number of hydrogen-bond donors (Lipinski definition) is 2. The Labute approximate surface area is 306 Å². The van der Waals surface area contributed by atoms with Gasteiger partial charge in [0.1, 0.15) is 58.1 Å². The fourth-order valence-electron chi connectivity index (χ4n) is 7.09. The molecule has 2 atom stereocenters. The first-order valence-corrected chi connectivity index (χ1v) is 17.3. The Bertz CT molecular complexity index is 2220. The fraction of sp³-hybridized carbons (Fsp3) is 0.371. The number of thiophene rings is 1. The number of nitriles is 1. The molecule has 5 aromatic rings. The normalized spacial score (nSPS) is 17.9. The van der Waals surface area contributed by atoms with Crippen molar-refractivity contribution in [2.45, 2.75) is 44.2 Å². The van der Waals surface area contributed by atoms with Crippen LogP contribution in [0.15, 0.2) is 30.5 Å². The van der Waals surface area contributed by atoms with Gasteiger partial charge in [-0.15, -0.1) is 11.3 Å². The molecule has 2 fully saturated rings. The lowest BCUT2D eigenvalue weighted by molar-refractivity contribution is -0.138. The fourth-order valence-corrected chi connectivity index (χ4v) is 8.04. The summed E-state index contributed by atoms with van der Waals surface area (Å²) in [5, 5.41) is 9.00. The van der Waals surface area contributed by atoms with Gasteiger partial charge in [0.2, 0.25) is 6.93 Å². The van der Waals surface area contributed by atoms with Gasteiger partial charge in [-0.3, -0.25) is 4.90 Å². The summed E-state index contributed by atoms with van der Waals surface area (Å²) in [5.41, 5.74) is 8.81. The first kappa shape index (κ1) is 38.5. The SMILES string of the molecule is COc1nc2c3c(c(C(F)(F)F)c(-c4ccc(F)c5sc(N)c(C#N)c45)c(F)c3n1)OCCN2Cc1cccnc1N.FC1CC2CCCN2C1.FCF. The molecule has 0 aliphatic carbocycles. The summed E-state index contributed by atoms with van der Waals surface area (Å²) in [4.78, 5) is 16.3. The van der Waals surface area contributed by atoms with Crippen molar-refractivity contribution in [3.05, 3.63) is 58.8 Å². The number of nitrogens with two attached hydrogens (primary N) is 2. The number of methoxy groups -OCH3 is 1. The molecule has 2 unspecified atom stereocenters. The molecule has 3 aliphatic heterocycles. The van der Waals surface area contributed by atoms with E-state index in [1.807, 2.05) is 0 Å². The lowest BCUT2D eigenvalue weighted by Gasteiger charge is -2.24. The summed E-state index contributed by atoms with van der Waals surface area (Å²) in [7, 11) is 1.23. The van der Waals surface area contributed by atoms with E-state index in [-0.39, 0.29) is 63.4 Å². The molecule has 4 N–H and O–H groups in total. The van der Waals surface area contributed by atoms with Gasteiger partial charge in [0, 0.05) is 41.8 Å². The maximum absolute atomic E-state index is 16.6. The quantitative estimate of drug-likeness (QED) is 0.174. The van der Waals surface area contributed by atoms with Crippen LogP contribution in [0.2, 0.25) is 0 Å². The largest absolute Gasteiger partial charge is 0.490 e. The molecule has 6 heterocycles. The van der Waals surface area contributed by atoms with E-state index in [0.29, 0.717) is 29.5 Å². The van der Waals surface area contributed by atoms with Crippen LogP contribution in [-0.2, 0) is 12.7 Å². The zero-order valence-electron chi connectivity index (χ0n) is 28.5. The molecular formula is C35H32F8N8O2S. The van der Waals surface area contributed by atoms with Crippen LogP contribution in [0.4, 0.5) is 51.8 Å². The first-order chi connectivity index (χ1) is 25.8. The van der Waals surface area contributed by atoms with Gasteiger partial charge in [0.25, 0.3) is 0 Å². The second-order valence-corrected chi connectivity index (χ2v) is 13.5. The van der Waals surface area contributed by atoms with Crippen LogP contribution in [0.3, 0.4) is 0 Å². The van der Waals surface area contributed by atoms with Crippen LogP contribution in [-0.4, -0.2) is 72.3 Å².